The minimum atomic E-state index is -3.67. The number of hydrogen-bond donors (Lipinski definition) is 1. The van der Waals surface area contributed by atoms with Crippen LogP contribution in [0.5, 0.6) is 0 Å². The second kappa shape index (κ2) is 7.98. The first-order valence-electron chi connectivity index (χ1n) is 8.65. The summed E-state index contributed by atoms with van der Waals surface area (Å²) in [5.41, 5.74) is 0.542. The highest BCUT2D eigenvalue weighted by Crippen LogP contribution is 2.34. The van der Waals surface area contributed by atoms with Crippen molar-refractivity contribution < 1.29 is 22.7 Å². The monoisotopic (exact) mass is 398 g/mol. The van der Waals surface area contributed by atoms with Gasteiger partial charge in [-0.25, -0.2) is 8.42 Å². The number of esters is 1. The second-order valence-electron chi connectivity index (χ2n) is 6.24. The van der Waals surface area contributed by atoms with Crippen LogP contribution in [-0.2, 0) is 24.3 Å². The van der Waals surface area contributed by atoms with E-state index in [1.807, 2.05) is 0 Å². The number of anilines is 1. The van der Waals surface area contributed by atoms with Crippen molar-refractivity contribution in [3.63, 3.8) is 0 Å². The topological polar surface area (TPSA) is 92.8 Å². The maximum atomic E-state index is 12.9. The molecule has 0 radical (unpaired) electrons. The number of ether oxygens (including phenoxy) is 1. The van der Waals surface area contributed by atoms with Gasteiger partial charge in [0.1, 0.15) is 0 Å². The standard InChI is InChI=1S/C17H22N2O5S2/c1-2-24-17(21)12-5-8-19(9-6-12)26(22,23)13-3-4-15-14(11-13)18-16(20)7-10-25-15/h3-4,11-12H,2,5-10H2,1H3,(H,18,20). The molecular formula is C17H22N2O5S2. The lowest BCUT2D eigenvalue weighted by molar-refractivity contribution is -0.149. The summed E-state index contributed by atoms with van der Waals surface area (Å²) in [7, 11) is -3.67. The number of thioether (sulfide) groups is 1. The zero-order chi connectivity index (χ0) is 18.7. The zero-order valence-electron chi connectivity index (χ0n) is 14.6. The molecule has 26 heavy (non-hydrogen) atoms. The molecule has 0 bridgehead atoms. The van der Waals surface area contributed by atoms with E-state index in [0.29, 0.717) is 37.3 Å². The van der Waals surface area contributed by atoms with Gasteiger partial charge in [-0.15, -0.1) is 11.8 Å². The lowest BCUT2D eigenvalue weighted by Gasteiger charge is -2.30. The molecule has 0 atom stereocenters. The van der Waals surface area contributed by atoms with Crippen LogP contribution >= 0.6 is 11.8 Å². The highest BCUT2D eigenvalue weighted by Gasteiger charge is 2.33. The number of rotatable bonds is 4. The van der Waals surface area contributed by atoms with Crippen LogP contribution in [0.25, 0.3) is 0 Å². The van der Waals surface area contributed by atoms with Crippen molar-refractivity contribution >= 4 is 39.3 Å². The van der Waals surface area contributed by atoms with Gasteiger partial charge in [-0.3, -0.25) is 9.59 Å². The predicted molar refractivity (Wildman–Crippen MR) is 98.5 cm³/mol. The summed E-state index contributed by atoms with van der Waals surface area (Å²) in [4.78, 5) is 24.6. The highest BCUT2D eigenvalue weighted by molar-refractivity contribution is 7.99. The number of nitrogens with one attached hydrogen (secondary N) is 1. The van der Waals surface area contributed by atoms with E-state index >= 15 is 0 Å². The number of sulfonamides is 1. The molecule has 1 aromatic carbocycles. The highest BCUT2D eigenvalue weighted by atomic mass is 32.2. The number of carbonyl (C=O) groups excluding carboxylic acids is 2. The SMILES string of the molecule is CCOC(=O)C1CCN(S(=O)(=O)c2ccc3c(c2)NC(=O)CCS3)CC1. The fraction of sp³-hybridized carbons (Fsp3) is 0.529. The number of nitrogens with zero attached hydrogens (tertiary/aromatic N) is 1. The Labute approximate surface area is 157 Å². The summed E-state index contributed by atoms with van der Waals surface area (Å²) in [5.74, 6) is 0.0613. The van der Waals surface area contributed by atoms with Crippen molar-refractivity contribution in [3.05, 3.63) is 18.2 Å². The molecule has 2 heterocycles. The van der Waals surface area contributed by atoms with Crippen molar-refractivity contribution in [2.75, 3.05) is 30.8 Å². The molecular weight excluding hydrogens is 376 g/mol. The molecule has 0 unspecified atom stereocenters. The fourth-order valence-electron chi connectivity index (χ4n) is 3.10. The summed E-state index contributed by atoms with van der Waals surface area (Å²) >= 11 is 1.53. The third kappa shape index (κ3) is 4.05. The van der Waals surface area contributed by atoms with Gasteiger partial charge < -0.3 is 10.1 Å². The molecule has 142 valence electrons. The van der Waals surface area contributed by atoms with E-state index < -0.39 is 10.0 Å². The largest absolute Gasteiger partial charge is 0.466 e. The molecule has 9 heteroatoms. The smallest absolute Gasteiger partial charge is 0.309 e. The Hall–Kier alpha value is -1.58. The molecule has 1 amide bonds. The van der Waals surface area contributed by atoms with Crippen LogP contribution in [0.2, 0.25) is 0 Å². The lowest BCUT2D eigenvalue weighted by atomic mass is 9.98. The number of amides is 1. The molecule has 0 saturated carbocycles. The third-order valence-corrected chi connectivity index (χ3v) is 7.49. The van der Waals surface area contributed by atoms with Gasteiger partial charge in [0.2, 0.25) is 15.9 Å². The Kier molecular flexibility index (Phi) is 5.89. The average Bonchev–Trinajstić information content (AvgIpc) is 2.81. The van der Waals surface area contributed by atoms with Gasteiger partial charge in [-0.1, -0.05) is 0 Å². The molecule has 0 aliphatic carbocycles. The molecule has 1 aromatic rings. The quantitative estimate of drug-likeness (QED) is 0.781. The van der Waals surface area contributed by atoms with E-state index in [-0.39, 0.29) is 35.8 Å². The Morgan fingerprint density at radius 2 is 2.08 bits per heavy atom. The molecule has 7 nitrogen and oxygen atoms in total. The van der Waals surface area contributed by atoms with E-state index in [1.54, 1.807) is 19.1 Å². The number of hydrogen-bond acceptors (Lipinski definition) is 6. The number of benzene rings is 1. The average molecular weight is 399 g/mol. The fourth-order valence-corrected chi connectivity index (χ4v) is 5.53. The van der Waals surface area contributed by atoms with Crippen LogP contribution in [0.4, 0.5) is 5.69 Å². The molecule has 1 N–H and O–H groups in total. The van der Waals surface area contributed by atoms with Crippen molar-refractivity contribution in [1.82, 2.24) is 4.31 Å². The van der Waals surface area contributed by atoms with Crippen LogP contribution in [0.15, 0.2) is 28.0 Å². The third-order valence-electron chi connectivity index (χ3n) is 4.52. The molecule has 2 aliphatic heterocycles. The summed E-state index contributed by atoms with van der Waals surface area (Å²) in [6, 6.07) is 4.85. The summed E-state index contributed by atoms with van der Waals surface area (Å²) in [6.07, 6.45) is 1.31. The first kappa shape index (κ1) is 19.2. The summed E-state index contributed by atoms with van der Waals surface area (Å²) in [6.45, 7) is 2.65. The molecule has 3 rings (SSSR count). The molecule has 1 fully saturated rings. The van der Waals surface area contributed by atoms with E-state index in [0.717, 1.165) is 4.90 Å². The molecule has 2 aliphatic rings. The van der Waals surface area contributed by atoms with Gasteiger partial charge in [0, 0.05) is 30.2 Å². The van der Waals surface area contributed by atoms with E-state index in [4.69, 9.17) is 4.74 Å². The van der Waals surface area contributed by atoms with Crippen LogP contribution in [0, 0.1) is 5.92 Å². The summed E-state index contributed by atoms with van der Waals surface area (Å²) in [5, 5.41) is 2.77. The van der Waals surface area contributed by atoms with Crippen molar-refractivity contribution in [2.24, 2.45) is 5.92 Å². The Morgan fingerprint density at radius 3 is 2.77 bits per heavy atom. The minimum absolute atomic E-state index is 0.110. The minimum Gasteiger partial charge on any atom is -0.466 e. The predicted octanol–water partition coefficient (Wildman–Crippen LogP) is 2.08. The van der Waals surface area contributed by atoms with Gasteiger partial charge in [0.15, 0.2) is 0 Å². The van der Waals surface area contributed by atoms with Gasteiger partial charge in [-0.2, -0.15) is 4.31 Å². The van der Waals surface area contributed by atoms with E-state index in [1.165, 1.54) is 22.1 Å². The van der Waals surface area contributed by atoms with Gasteiger partial charge in [0.25, 0.3) is 0 Å². The summed E-state index contributed by atoms with van der Waals surface area (Å²) < 4.78 is 32.3. The van der Waals surface area contributed by atoms with Crippen LogP contribution < -0.4 is 5.32 Å². The molecule has 1 saturated heterocycles. The van der Waals surface area contributed by atoms with E-state index in [9.17, 15) is 18.0 Å². The Morgan fingerprint density at radius 1 is 1.35 bits per heavy atom. The van der Waals surface area contributed by atoms with Crippen molar-refractivity contribution in [1.29, 1.82) is 0 Å². The zero-order valence-corrected chi connectivity index (χ0v) is 16.2. The van der Waals surface area contributed by atoms with Crippen LogP contribution in [0.1, 0.15) is 26.2 Å². The number of carbonyl (C=O) groups is 2. The second-order valence-corrected chi connectivity index (χ2v) is 9.31. The van der Waals surface area contributed by atoms with Gasteiger partial charge in [0.05, 0.1) is 23.1 Å². The Bertz CT molecular complexity index is 801. The van der Waals surface area contributed by atoms with Gasteiger partial charge >= 0.3 is 5.97 Å². The normalized spacial score (nSPS) is 19.3. The Balaban J connectivity index is 1.75. The first-order chi connectivity index (χ1) is 12.4. The molecule has 0 aromatic heterocycles. The molecule has 0 spiro atoms. The lowest BCUT2D eigenvalue weighted by Crippen LogP contribution is -2.40. The van der Waals surface area contributed by atoms with Crippen LogP contribution in [-0.4, -0.2) is 50.0 Å². The van der Waals surface area contributed by atoms with Gasteiger partial charge in [-0.05, 0) is 38.0 Å². The van der Waals surface area contributed by atoms with Crippen molar-refractivity contribution in [3.8, 4) is 0 Å². The number of fused-ring (bicyclic) bond motifs is 1. The van der Waals surface area contributed by atoms with Crippen LogP contribution in [0.3, 0.4) is 0 Å². The number of piperidine rings is 1. The van der Waals surface area contributed by atoms with E-state index in [2.05, 4.69) is 5.32 Å². The first-order valence-corrected chi connectivity index (χ1v) is 11.1. The van der Waals surface area contributed by atoms with Crippen molar-refractivity contribution in [2.45, 2.75) is 36.0 Å². The maximum absolute atomic E-state index is 12.9. The maximum Gasteiger partial charge on any atom is 0.309 e.